The Balaban J connectivity index is 1.33. The van der Waals surface area contributed by atoms with Crippen molar-refractivity contribution in [1.29, 1.82) is 0 Å². The molecule has 0 aliphatic carbocycles. The van der Waals surface area contributed by atoms with Gasteiger partial charge in [0, 0.05) is 48.0 Å². The molecule has 2 aromatic heterocycles. The summed E-state index contributed by atoms with van der Waals surface area (Å²) in [5, 5.41) is 7.72. The minimum Gasteiger partial charge on any atom is -0.384 e. The summed E-state index contributed by atoms with van der Waals surface area (Å²) >= 11 is 0. The van der Waals surface area contributed by atoms with Crippen molar-refractivity contribution in [3.8, 4) is 11.3 Å². The van der Waals surface area contributed by atoms with Crippen molar-refractivity contribution in [2.75, 3.05) is 23.7 Å². The van der Waals surface area contributed by atoms with Gasteiger partial charge in [0.25, 0.3) is 0 Å². The van der Waals surface area contributed by atoms with Gasteiger partial charge >= 0.3 is 0 Å². The van der Waals surface area contributed by atoms with Crippen LogP contribution in [0.4, 0.5) is 15.9 Å². The highest BCUT2D eigenvalue weighted by Crippen LogP contribution is 2.28. The predicted octanol–water partition coefficient (Wildman–Crippen LogP) is 4.93. The first-order valence-electron chi connectivity index (χ1n) is 10.3. The maximum absolute atomic E-state index is 14.5. The van der Waals surface area contributed by atoms with Crippen LogP contribution < -0.4 is 10.6 Å². The van der Waals surface area contributed by atoms with Crippen LogP contribution in [0.25, 0.3) is 22.2 Å². The molecule has 0 unspecified atom stereocenters. The maximum Gasteiger partial charge on any atom is 0.147 e. The average Bonchev–Trinajstić information content (AvgIpc) is 3.35. The Morgan fingerprint density at radius 2 is 2.00 bits per heavy atom. The number of aromatic nitrogens is 3. The van der Waals surface area contributed by atoms with Crippen LogP contribution >= 0.6 is 0 Å². The molecule has 5 nitrogen and oxygen atoms in total. The van der Waals surface area contributed by atoms with Crippen LogP contribution in [0, 0.1) is 19.7 Å². The minimum absolute atomic E-state index is 0.181. The van der Waals surface area contributed by atoms with Gasteiger partial charge in [0.05, 0.1) is 11.2 Å². The van der Waals surface area contributed by atoms with E-state index in [9.17, 15) is 4.39 Å². The minimum atomic E-state index is -0.181. The number of rotatable bonds is 5. The number of hydrogen-bond acceptors (Lipinski definition) is 4. The van der Waals surface area contributed by atoms with Gasteiger partial charge in [-0.2, -0.15) is 0 Å². The highest BCUT2D eigenvalue weighted by molar-refractivity contribution is 5.85. The fraction of sp³-hybridized carbons (Fsp3) is 0.250. The highest BCUT2D eigenvalue weighted by Gasteiger charge is 2.13. The monoisotopic (exact) mass is 401 g/mol. The van der Waals surface area contributed by atoms with Gasteiger partial charge in [-0.3, -0.25) is 0 Å². The van der Waals surface area contributed by atoms with Crippen molar-refractivity contribution in [2.45, 2.75) is 26.8 Å². The number of halogens is 1. The van der Waals surface area contributed by atoms with E-state index in [2.05, 4.69) is 44.9 Å². The molecule has 0 fully saturated rings. The van der Waals surface area contributed by atoms with E-state index >= 15 is 0 Å². The molecule has 0 bridgehead atoms. The molecule has 0 spiro atoms. The van der Waals surface area contributed by atoms with E-state index in [0.29, 0.717) is 18.6 Å². The summed E-state index contributed by atoms with van der Waals surface area (Å²) in [6, 6.07) is 13.8. The van der Waals surface area contributed by atoms with E-state index in [1.54, 1.807) is 12.4 Å². The molecule has 3 heterocycles. The molecule has 2 N–H and O–H groups in total. The Bertz CT molecular complexity index is 1240. The second-order valence-corrected chi connectivity index (χ2v) is 7.83. The third-order valence-corrected chi connectivity index (χ3v) is 5.85. The summed E-state index contributed by atoms with van der Waals surface area (Å²) in [7, 11) is 0. The fourth-order valence-corrected chi connectivity index (χ4v) is 4.26. The number of nitrogens with one attached hydrogen (secondary N) is 2. The molecule has 0 atom stereocenters. The van der Waals surface area contributed by atoms with Gasteiger partial charge in [-0.1, -0.05) is 12.1 Å². The second kappa shape index (κ2) is 7.44. The first kappa shape index (κ1) is 18.6. The van der Waals surface area contributed by atoms with Crippen LogP contribution in [0.2, 0.25) is 0 Å². The molecule has 0 radical (unpaired) electrons. The van der Waals surface area contributed by atoms with Gasteiger partial charge in [0.1, 0.15) is 18.0 Å². The van der Waals surface area contributed by atoms with Crippen LogP contribution in [0.3, 0.4) is 0 Å². The van der Waals surface area contributed by atoms with Gasteiger partial charge in [-0.25, -0.2) is 14.4 Å². The summed E-state index contributed by atoms with van der Waals surface area (Å²) < 4.78 is 16.5. The SMILES string of the molecule is Cc1ccc(F)c2c1cc(C)n2CCNc1cc(-c2ccc3c(c2)CCN3)ncn1. The third-order valence-electron chi connectivity index (χ3n) is 5.85. The molecule has 30 heavy (non-hydrogen) atoms. The molecule has 2 aromatic carbocycles. The number of anilines is 2. The van der Waals surface area contributed by atoms with Crippen molar-refractivity contribution in [1.82, 2.24) is 14.5 Å². The Kier molecular flexibility index (Phi) is 4.62. The molecule has 6 heteroatoms. The molecule has 1 aliphatic rings. The van der Waals surface area contributed by atoms with Crippen LogP contribution in [0.1, 0.15) is 16.8 Å². The zero-order valence-corrected chi connectivity index (χ0v) is 17.2. The van der Waals surface area contributed by atoms with Crippen LogP contribution in [-0.2, 0) is 13.0 Å². The fourth-order valence-electron chi connectivity index (χ4n) is 4.26. The third kappa shape index (κ3) is 3.28. The van der Waals surface area contributed by atoms with Gasteiger partial charge in [-0.05, 0) is 55.7 Å². The van der Waals surface area contributed by atoms with Crippen molar-refractivity contribution in [3.63, 3.8) is 0 Å². The molecule has 0 saturated carbocycles. The molecule has 1 aliphatic heterocycles. The van der Waals surface area contributed by atoms with E-state index in [4.69, 9.17) is 0 Å². The molecular formula is C24H24FN5. The lowest BCUT2D eigenvalue weighted by Gasteiger charge is -2.11. The Labute approximate surface area is 175 Å². The summed E-state index contributed by atoms with van der Waals surface area (Å²) in [6.45, 7) is 6.32. The topological polar surface area (TPSA) is 54.8 Å². The maximum atomic E-state index is 14.5. The largest absolute Gasteiger partial charge is 0.384 e. The van der Waals surface area contributed by atoms with Gasteiger partial charge < -0.3 is 15.2 Å². The number of aryl methyl sites for hydroxylation is 2. The molecule has 4 aromatic rings. The first-order valence-corrected chi connectivity index (χ1v) is 10.3. The first-order chi connectivity index (χ1) is 14.6. The van der Waals surface area contributed by atoms with Crippen molar-refractivity contribution in [2.24, 2.45) is 0 Å². The summed E-state index contributed by atoms with van der Waals surface area (Å²) in [6.07, 6.45) is 2.63. The van der Waals surface area contributed by atoms with E-state index < -0.39 is 0 Å². The molecule has 152 valence electrons. The predicted molar refractivity (Wildman–Crippen MR) is 120 cm³/mol. The Morgan fingerprint density at radius 3 is 2.90 bits per heavy atom. The molecule has 5 rings (SSSR count). The molecular weight excluding hydrogens is 377 g/mol. The van der Waals surface area contributed by atoms with Gasteiger partial charge in [0.2, 0.25) is 0 Å². The average molecular weight is 401 g/mol. The summed E-state index contributed by atoms with van der Waals surface area (Å²) in [5.41, 5.74) is 7.33. The smallest absolute Gasteiger partial charge is 0.147 e. The number of fused-ring (bicyclic) bond motifs is 2. The lowest BCUT2D eigenvalue weighted by molar-refractivity contribution is 0.621. The van der Waals surface area contributed by atoms with E-state index in [-0.39, 0.29) is 5.82 Å². The summed E-state index contributed by atoms with van der Waals surface area (Å²) in [5.74, 6) is 0.587. The molecule has 0 amide bonds. The normalized spacial score (nSPS) is 12.8. The number of nitrogens with zero attached hydrogens (tertiary/aromatic N) is 3. The zero-order valence-electron chi connectivity index (χ0n) is 17.2. The number of benzene rings is 2. The van der Waals surface area contributed by atoms with Crippen LogP contribution in [-0.4, -0.2) is 27.6 Å². The van der Waals surface area contributed by atoms with Crippen LogP contribution in [0.15, 0.2) is 48.8 Å². The standard InChI is InChI=1S/C24H24FN5/c1-15-3-5-20(25)24-19(15)11-16(2)30(24)10-9-27-23-13-22(28-14-29-23)17-4-6-21-18(12-17)7-8-26-21/h3-6,11-14,26H,7-10H2,1-2H3,(H,27,28,29). The Morgan fingerprint density at radius 1 is 1.10 bits per heavy atom. The zero-order chi connectivity index (χ0) is 20.7. The molecule has 0 saturated heterocycles. The lowest BCUT2D eigenvalue weighted by atomic mass is 10.1. The summed E-state index contributed by atoms with van der Waals surface area (Å²) in [4.78, 5) is 8.80. The van der Waals surface area contributed by atoms with E-state index in [0.717, 1.165) is 46.7 Å². The van der Waals surface area contributed by atoms with Crippen LogP contribution in [0.5, 0.6) is 0 Å². The van der Waals surface area contributed by atoms with Crippen molar-refractivity contribution >= 4 is 22.4 Å². The van der Waals surface area contributed by atoms with Crippen molar-refractivity contribution in [3.05, 3.63) is 71.4 Å². The highest BCUT2D eigenvalue weighted by atomic mass is 19.1. The van der Waals surface area contributed by atoms with Crippen molar-refractivity contribution < 1.29 is 4.39 Å². The Hall–Kier alpha value is -3.41. The van der Waals surface area contributed by atoms with Gasteiger partial charge in [0.15, 0.2) is 0 Å². The lowest BCUT2D eigenvalue weighted by Crippen LogP contribution is -2.13. The second-order valence-electron chi connectivity index (χ2n) is 7.83. The number of hydrogen-bond donors (Lipinski definition) is 2. The van der Waals surface area contributed by atoms with E-state index in [1.165, 1.54) is 11.3 Å². The quantitative estimate of drug-likeness (QED) is 0.498. The van der Waals surface area contributed by atoms with Gasteiger partial charge in [-0.15, -0.1) is 0 Å². The van der Waals surface area contributed by atoms with E-state index in [1.807, 2.05) is 30.5 Å².